The molecule has 34 heavy (non-hydrogen) atoms. The van der Waals surface area contributed by atoms with Crippen LogP contribution in [0.15, 0.2) is 53.4 Å². The molecule has 0 aliphatic carbocycles. The number of amides is 1. The molecule has 0 aromatic heterocycles. The number of carbonyl (C=O) groups is 1. The molecule has 9 heteroatoms. The Morgan fingerprint density at radius 3 is 2.53 bits per heavy atom. The molecule has 1 amide bonds. The van der Waals surface area contributed by atoms with Gasteiger partial charge in [-0.1, -0.05) is 12.1 Å². The first-order chi connectivity index (χ1) is 16.0. The number of nitrogens with zero attached hydrogens (tertiary/aromatic N) is 3. The van der Waals surface area contributed by atoms with Crippen molar-refractivity contribution in [2.75, 3.05) is 20.2 Å². The lowest BCUT2D eigenvalue weighted by Gasteiger charge is -2.39. The van der Waals surface area contributed by atoms with E-state index in [0.29, 0.717) is 36.3 Å². The summed E-state index contributed by atoms with van der Waals surface area (Å²) in [5.41, 5.74) is 0.514. The van der Waals surface area contributed by atoms with E-state index in [2.05, 4.69) is 6.07 Å². The van der Waals surface area contributed by atoms with E-state index < -0.39 is 27.8 Å². The molecule has 1 aliphatic heterocycles. The first kappa shape index (κ1) is 25.5. The van der Waals surface area contributed by atoms with Crippen molar-refractivity contribution in [2.45, 2.75) is 56.7 Å². The summed E-state index contributed by atoms with van der Waals surface area (Å²) in [6.07, 6.45) is 0.800. The SMILES string of the molecule is COc1ccc(S(=O)(=O)N(Cc2cccc(C#N)c2)C2CCCN(C(=O)OC(C)(C)C)C2)cc1. The second-order valence-corrected chi connectivity index (χ2v) is 11.2. The van der Waals surface area contributed by atoms with E-state index in [1.165, 1.54) is 23.5 Å². The molecule has 0 spiro atoms. The van der Waals surface area contributed by atoms with Gasteiger partial charge in [-0.2, -0.15) is 9.57 Å². The van der Waals surface area contributed by atoms with Crippen LogP contribution in [0.3, 0.4) is 0 Å². The fourth-order valence-corrected chi connectivity index (χ4v) is 5.53. The monoisotopic (exact) mass is 485 g/mol. The maximum absolute atomic E-state index is 13.8. The highest BCUT2D eigenvalue weighted by molar-refractivity contribution is 7.89. The Morgan fingerprint density at radius 1 is 1.21 bits per heavy atom. The first-order valence-electron chi connectivity index (χ1n) is 11.2. The predicted molar refractivity (Wildman–Crippen MR) is 128 cm³/mol. The fourth-order valence-electron chi connectivity index (χ4n) is 3.89. The lowest BCUT2D eigenvalue weighted by Crippen LogP contribution is -2.52. The predicted octanol–water partition coefficient (Wildman–Crippen LogP) is 4.16. The lowest BCUT2D eigenvalue weighted by atomic mass is 10.1. The van der Waals surface area contributed by atoms with Gasteiger partial charge in [-0.3, -0.25) is 0 Å². The molecule has 1 fully saturated rings. The van der Waals surface area contributed by atoms with Crippen molar-refractivity contribution in [3.63, 3.8) is 0 Å². The van der Waals surface area contributed by atoms with Crippen molar-refractivity contribution in [2.24, 2.45) is 0 Å². The number of piperidine rings is 1. The van der Waals surface area contributed by atoms with Crippen molar-refractivity contribution < 1.29 is 22.7 Å². The zero-order valence-corrected chi connectivity index (χ0v) is 20.8. The highest BCUT2D eigenvalue weighted by Gasteiger charge is 2.36. The summed E-state index contributed by atoms with van der Waals surface area (Å²) in [5, 5.41) is 9.27. The van der Waals surface area contributed by atoms with E-state index >= 15 is 0 Å². The second kappa shape index (κ2) is 10.5. The summed E-state index contributed by atoms with van der Waals surface area (Å²) < 4.78 is 39.7. The molecular weight excluding hydrogens is 454 g/mol. The number of hydrogen-bond acceptors (Lipinski definition) is 6. The minimum atomic E-state index is -3.91. The van der Waals surface area contributed by atoms with Crippen molar-refractivity contribution in [3.8, 4) is 11.8 Å². The normalized spacial score (nSPS) is 16.7. The van der Waals surface area contributed by atoms with Crippen LogP contribution in [0.25, 0.3) is 0 Å². The number of benzene rings is 2. The third-order valence-corrected chi connectivity index (χ3v) is 7.43. The van der Waals surface area contributed by atoms with Crippen LogP contribution in [-0.2, 0) is 21.3 Å². The minimum Gasteiger partial charge on any atom is -0.497 e. The number of nitriles is 1. The molecule has 1 unspecified atom stereocenters. The molecule has 0 bridgehead atoms. The number of carbonyl (C=O) groups excluding carboxylic acids is 1. The van der Waals surface area contributed by atoms with Crippen molar-refractivity contribution in [1.82, 2.24) is 9.21 Å². The highest BCUT2D eigenvalue weighted by atomic mass is 32.2. The quantitative estimate of drug-likeness (QED) is 0.609. The van der Waals surface area contributed by atoms with Crippen LogP contribution in [-0.4, -0.2) is 55.6 Å². The van der Waals surface area contributed by atoms with E-state index in [-0.39, 0.29) is 18.0 Å². The fraction of sp³-hybridized carbons (Fsp3) is 0.440. The molecule has 1 aliphatic rings. The van der Waals surface area contributed by atoms with Crippen LogP contribution in [0.5, 0.6) is 5.75 Å². The zero-order chi connectivity index (χ0) is 24.9. The Hall–Kier alpha value is -3.09. The van der Waals surface area contributed by atoms with Gasteiger partial charge in [0.15, 0.2) is 0 Å². The van der Waals surface area contributed by atoms with Gasteiger partial charge in [-0.15, -0.1) is 0 Å². The van der Waals surface area contributed by atoms with Crippen molar-refractivity contribution in [1.29, 1.82) is 5.26 Å². The van der Waals surface area contributed by atoms with Gasteiger partial charge in [0.05, 0.1) is 23.6 Å². The van der Waals surface area contributed by atoms with Gasteiger partial charge in [0.25, 0.3) is 0 Å². The molecule has 3 rings (SSSR count). The van der Waals surface area contributed by atoms with Crippen LogP contribution in [0.4, 0.5) is 4.79 Å². The molecule has 0 saturated carbocycles. The Bertz CT molecular complexity index is 1150. The lowest BCUT2D eigenvalue weighted by molar-refractivity contribution is 0.0152. The molecule has 1 heterocycles. The summed E-state index contributed by atoms with van der Waals surface area (Å²) in [6.45, 7) is 6.21. The molecule has 2 aromatic rings. The molecule has 1 atom stereocenters. The van der Waals surface area contributed by atoms with Gasteiger partial charge in [-0.05, 0) is 75.6 Å². The molecule has 8 nitrogen and oxygen atoms in total. The van der Waals surface area contributed by atoms with Gasteiger partial charge >= 0.3 is 6.09 Å². The average molecular weight is 486 g/mol. The van der Waals surface area contributed by atoms with Gasteiger partial charge in [0, 0.05) is 25.7 Å². The molecule has 0 N–H and O–H groups in total. The third-order valence-electron chi connectivity index (χ3n) is 5.52. The molecule has 182 valence electrons. The summed E-state index contributed by atoms with van der Waals surface area (Å²) in [7, 11) is -2.39. The maximum Gasteiger partial charge on any atom is 0.410 e. The molecule has 0 radical (unpaired) electrons. The second-order valence-electron chi connectivity index (χ2n) is 9.26. The van der Waals surface area contributed by atoms with Crippen molar-refractivity contribution in [3.05, 3.63) is 59.7 Å². The smallest absolute Gasteiger partial charge is 0.410 e. The standard InChI is InChI=1S/C25H31N3O5S/c1-25(2,3)33-24(29)27-14-6-9-21(18-27)28(17-20-8-5-7-19(15-20)16-26)34(30,31)23-12-10-22(32-4)11-13-23/h5,7-8,10-13,15,21H,6,9,14,17-18H2,1-4H3. The Morgan fingerprint density at radius 2 is 1.91 bits per heavy atom. The minimum absolute atomic E-state index is 0.0801. The summed E-state index contributed by atoms with van der Waals surface area (Å²) >= 11 is 0. The number of sulfonamides is 1. The maximum atomic E-state index is 13.8. The topological polar surface area (TPSA) is 99.9 Å². The van der Waals surface area contributed by atoms with E-state index in [4.69, 9.17) is 9.47 Å². The van der Waals surface area contributed by atoms with E-state index in [1.54, 1.807) is 62.1 Å². The van der Waals surface area contributed by atoms with Crippen LogP contribution in [0.2, 0.25) is 0 Å². The van der Waals surface area contributed by atoms with Crippen LogP contribution in [0.1, 0.15) is 44.7 Å². The van der Waals surface area contributed by atoms with E-state index in [0.717, 1.165) is 0 Å². The van der Waals surface area contributed by atoms with E-state index in [1.807, 2.05) is 0 Å². The highest BCUT2D eigenvalue weighted by Crippen LogP contribution is 2.28. The number of likely N-dealkylation sites (tertiary alicyclic amines) is 1. The molecule has 2 aromatic carbocycles. The summed E-state index contributed by atoms with van der Waals surface area (Å²) in [6, 6.07) is 14.8. The van der Waals surface area contributed by atoms with Gasteiger partial charge < -0.3 is 14.4 Å². The molecule has 1 saturated heterocycles. The number of hydrogen-bond donors (Lipinski definition) is 0. The Kier molecular flexibility index (Phi) is 7.85. The summed E-state index contributed by atoms with van der Waals surface area (Å²) in [4.78, 5) is 14.4. The number of ether oxygens (including phenoxy) is 2. The number of rotatable bonds is 6. The Labute approximate surface area is 201 Å². The van der Waals surface area contributed by atoms with Gasteiger partial charge in [0.1, 0.15) is 11.4 Å². The van der Waals surface area contributed by atoms with Crippen molar-refractivity contribution >= 4 is 16.1 Å². The van der Waals surface area contributed by atoms with Gasteiger partial charge in [0.2, 0.25) is 10.0 Å². The van der Waals surface area contributed by atoms with Gasteiger partial charge in [-0.25, -0.2) is 13.2 Å². The average Bonchev–Trinajstić information content (AvgIpc) is 2.81. The Balaban J connectivity index is 1.95. The van der Waals surface area contributed by atoms with Crippen LogP contribution < -0.4 is 4.74 Å². The van der Waals surface area contributed by atoms with E-state index in [9.17, 15) is 18.5 Å². The zero-order valence-electron chi connectivity index (χ0n) is 20.0. The number of methoxy groups -OCH3 is 1. The van der Waals surface area contributed by atoms with Crippen LogP contribution >= 0.6 is 0 Å². The first-order valence-corrected chi connectivity index (χ1v) is 12.6. The largest absolute Gasteiger partial charge is 0.497 e. The molecular formula is C25H31N3O5S. The van der Waals surface area contributed by atoms with Crippen LogP contribution in [0, 0.1) is 11.3 Å². The summed E-state index contributed by atoms with van der Waals surface area (Å²) in [5.74, 6) is 0.556. The third kappa shape index (κ3) is 6.27.